The van der Waals surface area contributed by atoms with Gasteiger partial charge in [-0.05, 0) is 6.92 Å². The van der Waals surface area contributed by atoms with Crippen molar-refractivity contribution in [1.82, 2.24) is 9.78 Å². The average molecular weight is 148 g/mol. The molecule has 9 heavy (non-hydrogen) atoms. The minimum Gasteiger partial charge on any atom is -0.238 e. The molecule has 0 bridgehead atoms. The SMILES string of the molecule is CCn1n[c]c(Cl)c1F. The monoisotopic (exact) mass is 147 g/mol. The van der Waals surface area contributed by atoms with E-state index in [0.717, 1.165) is 4.68 Å². The van der Waals surface area contributed by atoms with Gasteiger partial charge in [0.15, 0.2) is 0 Å². The molecule has 0 aliphatic heterocycles. The van der Waals surface area contributed by atoms with E-state index in [1.165, 1.54) is 0 Å². The van der Waals surface area contributed by atoms with E-state index in [9.17, 15) is 4.39 Å². The van der Waals surface area contributed by atoms with Crippen LogP contribution in [0.2, 0.25) is 5.02 Å². The Hall–Kier alpha value is -0.570. The first-order valence-electron chi connectivity index (χ1n) is 2.55. The molecule has 0 amide bonds. The molecule has 0 aliphatic rings. The van der Waals surface area contributed by atoms with Gasteiger partial charge < -0.3 is 0 Å². The van der Waals surface area contributed by atoms with Gasteiger partial charge in [-0.2, -0.15) is 9.49 Å². The molecule has 1 radical (unpaired) electrons. The Bertz CT molecular complexity index is 209. The quantitative estimate of drug-likeness (QED) is 0.589. The van der Waals surface area contributed by atoms with Gasteiger partial charge in [0, 0.05) is 6.54 Å². The van der Waals surface area contributed by atoms with Crippen molar-refractivity contribution in [3.63, 3.8) is 0 Å². The highest BCUT2D eigenvalue weighted by atomic mass is 35.5. The normalized spacial score (nSPS) is 10.1. The summed E-state index contributed by atoms with van der Waals surface area (Å²) in [4.78, 5) is 0. The van der Waals surface area contributed by atoms with Gasteiger partial charge in [0.2, 0.25) is 5.95 Å². The Kier molecular flexibility index (Phi) is 1.71. The fourth-order valence-electron chi connectivity index (χ4n) is 0.517. The Morgan fingerprint density at radius 1 is 1.89 bits per heavy atom. The maximum Gasteiger partial charge on any atom is 0.231 e. The molecule has 1 heterocycles. The van der Waals surface area contributed by atoms with Crippen LogP contribution in [0.4, 0.5) is 4.39 Å². The van der Waals surface area contributed by atoms with Gasteiger partial charge >= 0.3 is 0 Å². The zero-order valence-electron chi connectivity index (χ0n) is 4.86. The Labute approximate surface area is 57.2 Å². The van der Waals surface area contributed by atoms with Gasteiger partial charge in [-0.25, -0.2) is 4.68 Å². The minimum atomic E-state index is -0.515. The first kappa shape index (κ1) is 6.55. The van der Waals surface area contributed by atoms with E-state index in [4.69, 9.17) is 11.6 Å². The van der Waals surface area contributed by atoms with E-state index < -0.39 is 5.95 Å². The molecule has 0 unspecified atom stereocenters. The van der Waals surface area contributed by atoms with Crippen LogP contribution in [0, 0.1) is 12.1 Å². The van der Waals surface area contributed by atoms with Crippen molar-refractivity contribution in [2.45, 2.75) is 13.5 Å². The summed E-state index contributed by atoms with van der Waals surface area (Å²) in [6, 6.07) is 0. The molecule has 0 spiro atoms. The fraction of sp³-hybridized carbons (Fsp3) is 0.400. The summed E-state index contributed by atoms with van der Waals surface area (Å²) < 4.78 is 13.6. The summed E-state index contributed by atoms with van der Waals surface area (Å²) in [5.41, 5.74) is 0. The van der Waals surface area contributed by atoms with E-state index in [1.807, 2.05) is 0 Å². The van der Waals surface area contributed by atoms with Gasteiger partial charge in [0.1, 0.15) is 11.2 Å². The topological polar surface area (TPSA) is 17.8 Å². The second kappa shape index (κ2) is 2.35. The Balaban J connectivity index is 3.04. The molecule has 4 heteroatoms. The molecule has 1 aromatic rings. The van der Waals surface area contributed by atoms with Gasteiger partial charge in [-0.15, -0.1) is 0 Å². The van der Waals surface area contributed by atoms with Crippen LogP contribution >= 0.6 is 11.6 Å². The number of hydrogen-bond donors (Lipinski definition) is 0. The van der Waals surface area contributed by atoms with Crippen LogP contribution in [-0.4, -0.2) is 9.78 Å². The fourth-order valence-corrected chi connectivity index (χ4v) is 0.652. The third kappa shape index (κ3) is 1.05. The highest BCUT2D eigenvalue weighted by molar-refractivity contribution is 6.30. The Morgan fingerprint density at radius 2 is 2.56 bits per heavy atom. The largest absolute Gasteiger partial charge is 0.238 e. The molecular formula is C5H5ClFN2. The zero-order valence-corrected chi connectivity index (χ0v) is 5.61. The third-order valence-electron chi connectivity index (χ3n) is 0.976. The van der Waals surface area contributed by atoms with Gasteiger partial charge in [0.25, 0.3) is 0 Å². The van der Waals surface area contributed by atoms with Gasteiger partial charge in [-0.1, -0.05) is 11.6 Å². The van der Waals surface area contributed by atoms with Crippen LogP contribution < -0.4 is 0 Å². The molecule has 0 atom stereocenters. The van der Waals surface area contributed by atoms with Gasteiger partial charge in [0.05, 0.1) is 0 Å². The van der Waals surface area contributed by atoms with Crippen molar-refractivity contribution in [2.24, 2.45) is 0 Å². The lowest BCUT2D eigenvalue weighted by molar-refractivity contribution is 0.471. The van der Waals surface area contributed by atoms with Crippen LogP contribution in [0.5, 0.6) is 0 Å². The predicted octanol–water partition coefficient (Wildman–Crippen LogP) is 1.50. The van der Waals surface area contributed by atoms with Crippen LogP contribution in [0.25, 0.3) is 0 Å². The lowest BCUT2D eigenvalue weighted by Gasteiger charge is -1.92. The van der Waals surface area contributed by atoms with Crippen LogP contribution in [0.15, 0.2) is 0 Å². The molecule has 0 saturated carbocycles. The van der Waals surface area contributed by atoms with Crippen LogP contribution in [-0.2, 0) is 6.54 Å². The molecule has 0 aromatic carbocycles. The number of hydrogen-bond acceptors (Lipinski definition) is 1. The summed E-state index contributed by atoms with van der Waals surface area (Å²) in [7, 11) is 0. The third-order valence-corrected chi connectivity index (χ3v) is 1.22. The molecule has 2 nitrogen and oxygen atoms in total. The summed E-state index contributed by atoms with van der Waals surface area (Å²) in [5.74, 6) is -0.515. The first-order chi connectivity index (χ1) is 4.25. The second-order valence-corrected chi connectivity index (χ2v) is 1.91. The smallest absolute Gasteiger partial charge is 0.231 e. The molecule has 1 aromatic heterocycles. The van der Waals surface area contributed by atoms with Crippen molar-refractivity contribution in [1.29, 1.82) is 0 Å². The molecule has 0 N–H and O–H groups in total. The number of aromatic nitrogens is 2. The van der Waals surface area contributed by atoms with Crippen LogP contribution in [0.3, 0.4) is 0 Å². The molecule has 1 rings (SSSR count). The summed E-state index contributed by atoms with van der Waals surface area (Å²) in [5, 5.41) is 3.47. The number of aryl methyl sites for hydroxylation is 1. The molecule has 0 aliphatic carbocycles. The van der Waals surface area contributed by atoms with Crippen molar-refractivity contribution >= 4 is 11.6 Å². The molecule has 0 fully saturated rings. The summed E-state index contributed by atoms with van der Waals surface area (Å²) >= 11 is 5.29. The van der Waals surface area contributed by atoms with E-state index in [2.05, 4.69) is 11.3 Å². The van der Waals surface area contributed by atoms with Crippen molar-refractivity contribution in [3.8, 4) is 0 Å². The van der Waals surface area contributed by atoms with E-state index in [-0.39, 0.29) is 5.02 Å². The van der Waals surface area contributed by atoms with Crippen molar-refractivity contribution in [3.05, 3.63) is 17.2 Å². The molecule has 0 saturated heterocycles. The summed E-state index contributed by atoms with van der Waals surface area (Å²) in [6.07, 6.45) is 2.29. The Morgan fingerprint density at radius 3 is 2.78 bits per heavy atom. The standard InChI is InChI=1S/C5H5ClFN2/c1-2-9-5(7)4(6)3-8-9/h2H2,1H3. The average Bonchev–Trinajstić information content (AvgIpc) is 2.15. The second-order valence-electron chi connectivity index (χ2n) is 1.53. The van der Waals surface area contributed by atoms with Gasteiger partial charge in [-0.3, -0.25) is 0 Å². The lowest BCUT2D eigenvalue weighted by atomic mass is 10.7. The summed E-state index contributed by atoms with van der Waals surface area (Å²) in [6.45, 7) is 2.26. The highest BCUT2D eigenvalue weighted by Crippen LogP contribution is 2.10. The number of rotatable bonds is 1. The van der Waals surface area contributed by atoms with E-state index in [0.29, 0.717) is 6.54 Å². The van der Waals surface area contributed by atoms with Crippen LogP contribution in [0.1, 0.15) is 6.92 Å². The van der Waals surface area contributed by atoms with E-state index in [1.54, 1.807) is 6.92 Å². The number of nitrogens with zero attached hydrogens (tertiary/aromatic N) is 2. The number of halogens is 2. The maximum absolute atomic E-state index is 12.5. The molecule has 49 valence electrons. The van der Waals surface area contributed by atoms with E-state index >= 15 is 0 Å². The lowest BCUT2D eigenvalue weighted by Crippen LogP contribution is -1.98. The maximum atomic E-state index is 12.5. The predicted molar refractivity (Wildman–Crippen MR) is 31.7 cm³/mol. The minimum absolute atomic E-state index is 0.0446. The first-order valence-corrected chi connectivity index (χ1v) is 2.93. The highest BCUT2D eigenvalue weighted by Gasteiger charge is 2.05. The van der Waals surface area contributed by atoms with Crippen molar-refractivity contribution < 1.29 is 4.39 Å². The van der Waals surface area contributed by atoms with Crippen molar-refractivity contribution in [2.75, 3.05) is 0 Å². The zero-order chi connectivity index (χ0) is 6.85. The molecular weight excluding hydrogens is 143 g/mol.